The van der Waals surface area contributed by atoms with Crippen LogP contribution >= 0.6 is 0 Å². The highest BCUT2D eigenvalue weighted by Crippen LogP contribution is 2.24. The summed E-state index contributed by atoms with van der Waals surface area (Å²) in [7, 11) is 0. The Morgan fingerprint density at radius 2 is 1.20 bits per heavy atom. The molecule has 1 atom stereocenters. The largest absolute Gasteiger partial charge is 0.0885 e. The lowest BCUT2D eigenvalue weighted by Gasteiger charge is -2.20. The van der Waals surface area contributed by atoms with Crippen LogP contribution in [0.15, 0.2) is 12.2 Å². The molecule has 0 saturated heterocycles. The maximum Gasteiger partial charge on any atom is -0.0351 e. The number of unbranched alkanes of at least 4 members (excludes halogenated alkanes) is 7. The van der Waals surface area contributed by atoms with E-state index < -0.39 is 0 Å². The Hall–Kier alpha value is -0.260. The number of allylic oxidation sites excluding steroid dienone is 2. The fraction of sp³-hybridized carbons (Fsp3) is 0.900. The van der Waals surface area contributed by atoms with Crippen LogP contribution in [0, 0.1) is 11.8 Å². The van der Waals surface area contributed by atoms with E-state index in [9.17, 15) is 0 Å². The van der Waals surface area contributed by atoms with E-state index in [1.165, 1.54) is 77.0 Å². The molecule has 0 amide bonds. The Balaban J connectivity index is 3.42. The average Bonchev–Trinajstić information content (AvgIpc) is 2.43. The fourth-order valence-corrected chi connectivity index (χ4v) is 2.86. The van der Waals surface area contributed by atoms with Gasteiger partial charge >= 0.3 is 0 Å². The van der Waals surface area contributed by atoms with Crippen LogP contribution in [0.2, 0.25) is 0 Å². The predicted molar refractivity (Wildman–Crippen MR) is 94.2 cm³/mol. The normalized spacial score (nSPS) is 13.4. The van der Waals surface area contributed by atoms with E-state index in [-0.39, 0.29) is 0 Å². The predicted octanol–water partition coefficient (Wildman–Crippen LogP) is 7.54. The summed E-state index contributed by atoms with van der Waals surface area (Å²) in [5, 5.41) is 0. The van der Waals surface area contributed by atoms with Crippen molar-refractivity contribution in [3.63, 3.8) is 0 Å². The van der Waals surface area contributed by atoms with Crippen molar-refractivity contribution in [1.29, 1.82) is 0 Å². The first-order chi connectivity index (χ1) is 9.72. The van der Waals surface area contributed by atoms with Gasteiger partial charge in [-0.15, -0.1) is 0 Å². The molecule has 0 aromatic rings. The smallest absolute Gasteiger partial charge is 0.0351 e. The first-order valence-electron chi connectivity index (χ1n) is 9.37. The number of hydrogen-bond acceptors (Lipinski definition) is 0. The molecule has 0 heterocycles. The van der Waals surface area contributed by atoms with Crippen LogP contribution in [-0.4, -0.2) is 0 Å². The molecule has 120 valence electrons. The summed E-state index contributed by atoms with van der Waals surface area (Å²) in [6.07, 6.45) is 21.4. The minimum Gasteiger partial charge on any atom is -0.0885 e. The third kappa shape index (κ3) is 12.8. The summed E-state index contributed by atoms with van der Waals surface area (Å²) in [4.78, 5) is 0. The molecule has 0 bridgehead atoms. The second kappa shape index (κ2) is 15.1. The van der Waals surface area contributed by atoms with Crippen molar-refractivity contribution in [3.05, 3.63) is 12.2 Å². The van der Waals surface area contributed by atoms with Crippen LogP contribution in [-0.2, 0) is 0 Å². The van der Waals surface area contributed by atoms with E-state index in [1.54, 1.807) is 0 Å². The molecule has 0 N–H and O–H groups in total. The maximum absolute atomic E-state index is 2.40. The second-order valence-electron chi connectivity index (χ2n) is 6.75. The first kappa shape index (κ1) is 19.7. The lowest BCUT2D eigenvalue weighted by Crippen LogP contribution is -2.08. The minimum absolute atomic E-state index is 0.878. The standard InChI is InChI=1S/C20H40/c1-5-7-9-10-11-12-13-14-15-16-18-20(19(3)4)17-8-6-2/h10-11,19-20H,5-9,12-18H2,1-4H3. The molecule has 0 heteroatoms. The van der Waals surface area contributed by atoms with Crippen molar-refractivity contribution < 1.29 is 0 Å². The Morgan fingerprint density at radius 3 is 1.80 bits per heavy atom. The summed E-state index contributed by atoms with van der Waals surface area (Å²) in [5.41, 5.74) is 0. The van der Waals surface area contributed by atoms with E-state index in [4.69, 9.17) is 0 Å². The molecule has 0 aliphatic rings. The molecular weight excluding hydrogens is 240 g/mol. The van der Waals surface area contributed by atoms with Gasteiger partial charge in [-0.05, 0) is 31.1 Å². The second-order valence-corrected chi connectivity index (χ2v) is 6.75. The van der Waals surface area contributed by atoms with Gasteiger partial charge in [-0.25, -0.2) is 0 Å². The van der Waals surface area contributed by atoms with Gasteiger partial charge in [0.05, 0.1) is 0 Å². The minimum atomic E-state index is 0.878. The van der Waals surface area contributed by atoms with Crippen molar-refractivity contribution in [2.75, 3.05) is 0 Å². The summed E-state index contributed by atoms with van der Waals surface area (Å²) in [6.45, 7) is 9.38. The van der Waals surface area contributed by atoms with E-state index >= 15 is 0 Å². The average molecular weight is 281 g/mol. The van der Waals surface area contributed by atoms with Crippen LogP contribution in [0.25, 0.3) is 0 Å². The third-order valence-corrected chi connectivity index (χ3v) is 4.46. The molecule has 0 aromatic heterocycles. The third-order valence-electron chi connectivity index (χ3n) is 4.46. The van der Waals surface area contributed by atoms with E-state index in [1.807, 2.05) is 0 Å². The molecule has 1 unspecified atom stereocenters. The van der Waals surface area contributed by atoms with E-state index in [0.717, 1.165) is 11.8 Å². The molecule has 0 saturated carbocycles. The van der Waals surface area contributed by atoms with Gasteiger partial charge in [0, 0.05) is 0 Å². The maximum atomic E-state index is 2.40. The van der Waals surface area contributed by atoms with Crippen LogP contribution in [0.3, 0.4) is 0 Å². The van der Waals surface area contributed by atoms with Crippen molar-refractivity contribution in [3.8, 4) is 0 Å². The lowest BCUT2D eigenvalue weighted by molar-refractivity contribution is 0.316. The zero-order valence-electron chi connectivity index (χ0n) is 14.8. The van der Waals surface area contributed by atoms with Gasteiger partial charge < -0.3 is 0 Å². The van der Waals surface area contributed by atoms with Crippen molar-refractivity contribution in [2.45, 2.75) is 105 Å². The highest BCUT2D eigenvalue weighted by atomic mass is 14.2. The summed E-state index contributed by atoms with van der Waals surface area (Å²) in [5.74, 6) is 1.85. The number of hydrogen-bond donors (Lipinski definition) is 0. The van der Waals surface area contributed by atoms with Gasteiger partial charge in [-0.2, -0.15) is 0 Å². The number of rotatable bonds is 14. The van der Waals surface area contributed by atoms with Gasteiger partial charge in [0.1, 0.15) is 0 Å². The fourth-order valence-electron chi connectivity index (χ4n) is 2.86. The molecule has 0 aliphatic heterocycles. The molecule has 0 aromatic carbocycles. The van der Waals surface area contributed by atoms with Crippen LogP contribution in [0.1, 0.15) is 105 Å². The van der Waals surface area contributed by atoms with Crippen molar-refractivity contribution in [1.82, 2.24) is 0 Å². The molecule has 20 heavy (non-hydrogen) atoms. The summed E-state index contributed by atoms with van der Waals surface area (Å²) in [6, 6.07) is 0. The zero-order chi connectivity index (χ0) is 15.1. The lowest BCUT2D eigenvalue weighted by atomic mass is 9.86. The van der Waals surface area contributed by atoms with Gasteiger partial charge in [0.2, 0.25) is 0 Å². The SMILES string of the molecule is CCCCC=CCCCCCCC(CCCC)C(C)C. The van der Waals surface area contributed by atoms with Gasteiger partial charge in [-0.1, -0.05) is 97.6 Å². The molecule has 0 aliphatic carbocycles. The molecule has 0 spiro atoms. The highest BCUT2D eigenvalue weighted by molar-refractivity contribution is 4.81. The molecule has 0 rings (SSSR count). The van der Waals surface area contributed by atoms with Crippen molar-refractivity contribution >= 4 is 0 Å². The van der Waals surface area contributed by atoms with Crippen LogP contribution in [0.4, 0.5) is 0 Å². The van der Waals surface area contributed by atoms with Crippen molar-refractivity contribution in [2.24, 2.45) is 11.8 Å². The Labute approximate surface area is 129 Å². The quantitative estimate of drug-likeness (QED) is 0.228. The monoisotopic (exact) mass is 280 g/mol. The Morgan fingerprint density at radius 1 is 0.650 bits per heavy atom. The first-order valence-corrected chi connectivity index (χ1v) is 9.37. The van der Waals surface area contributed by atoms with Crippen LogP contribution in [0.5, 0.6) is 0 Å². The molecule has 0 fully saturated rings. The molecule has 0 radical (unpaired) electrons. The topological polar surface area (TPSA) is 0 Å². The van der Waals surface area contributed by atoms with E-state index in [2.05, 4.69) is 39.8 Å². The Kier molecular flexibility index (Phi) is 14.9. The summed E-state index contributed by atoms with van der Waals surface area (Å²) < 4.78 is 0. The zero-order valence-corrected chi connectivity index (χ0v) is 14.8. The van der Waals surface area contributed by atoms with E-state index in [0.29, 0.717) is 0 Å². The summed E-state index contributed by atoms with van der Waals surface area (Å²) >= 11 is 0. The van der Waals surface area contributed by atoms with Gasteiger partial charge in [0.15, 0.2) is 0 Å². The Bertz CT molecular complexity index is 202. The molecular formula is C20H40. The van der Waals surface area contributed by atoms with Gasteiger partial charge in [0.25, 0.3) is 0 Å². The van der Waals surface area contributed by atoms with Gasteiger partial charge in [-0.3, -0.25) is 0 Å². The van der Waals surface area contributed by atoms with Crippen LogP contribution < -0.4 is 0 Å². The molecule has 0 nitrogen and oxygen atoms in total. The highest BCUT2D eigenvalue weighted by Gasteiger charge is 2.11.